The molecule has 1 rings (SSSR count). The van der Waals surface area contributed by atoms with Crippen molar-refractivity contribution in [3.63, 3.8) is 0 Å². The molecule has 0 unspecified atom stereocenters. The zero-order chi connectivity index (χ0) is 17.6. The highest BCUT2D eigenvalue weighted by Gasteiger charge is 2.26. The number of sulfonamides is 1. The lowest BCUT2D eigenvalue weighted by Crippen LogP contribution is -2.36. The highest BCUT2D eigenvalue weighted by atomic mass is 32.2. The number of carbonyl (C=O) groups is 2. The maximum Gasteiger partial charge on any atom is 0.318 e. The predicted octanol–water partition coefficient (Wildman–Crippen LogP) is 1.26. The van der Waals surface area contributed by atoms with Crippen molar-refractivity contribution in [2.45, 2.75) is 25.2 Å². The van der Waals surface area contributed by atoms with Gasteiger partial charge in [0, 0.05) is 25.7 Å². The molecule has 1 aromatic rings. The van der Waals surface area contributed by atoms with E-state index in [2.05, 4.69) is 0 Å². The van der Waals surface area contributed by atoms with E-state index >= 15 is 0 Å². The highest BCUT2D eigenvalue weighted by Crippen LogP contribution is 2.18. The molecule has 0 aliphatic heterocycles. The minimum absolute atomic E-state index is 0.0810. The monoisotopic (exact) mass is 342 g/mol. The Hall–Kier alpha value is -1.93. The van der Waals surface area contributed by atoms with E-state index in [1.165, 1.54) is 29.2 Å². The Morgan fingerprint density at radius 1 is 1.22 bits per heavy atom. The largest absolute Gasteiger partial charge is 0.480 e. The molecule has 0 saturated heterocycles. The lowest BCUT2D eigenvalue weighted by Gasteiger charge is -2.20. The van der Waals surface area contributed by atoms with E-state index in [0.717, 1.165) is 4.31 Å². The molecule has 0 heterocycles. The summed E-state index contributed by atoms with van der Waals surface area (Å²) < 4.78 is 26.1. The van der Waals surface area contributed by atoms with Crippen molar-refractivity contribution in [3.8, 4) is 0 Å². The lowest BCUT2D eigenvalue weighted by atomic mass is 10.2. The molecule has 1 aromatic carbocycles. The quantitative estimate of drug-likeness (QED) is 0.767. The van der Waals surface area contributed by atoms with Crippen LogP contribution in [0.5, 0.6) is 0 Å². The zero-order valence-electron chi connectivity index (χ0n) is 13.5. The second-order valence-corrected chi connectivity index (χ2v) is 7.02. The first-order valence-electron chi connectivity index (χ1n) is 7.31. The minimum Gasteiger partial charge on any atom is -0.480 e. The molecule has 7 nitrogen and oxygen atoms in total. The summed E-state index contributed by atoms with van der Waals surface area (Å²) in [5, 5.41) is 8.90. The number of nitrogens with zero attached hydrogens (tertiary/aromatic N) is 2. The average molecular weight is 342 g/mol. The molecule has 0 atom stereocenters. The number of carboxylic acids is 1. The van der Waals surface area contributed by atoms with Gasteiger partial charge in [0.1, 0.15) is 6.54 Å². The number of rotatable bonds is 8. The number of hydrogen-bond donors (Lipinski definition) is 1. The zero-order valence-corrected chi connectivity index (χ0v) is 14.3. The average Bonchev–Trinajstić information content (AvgIpc) is 2.52. The van der Waals surface area contributed by atoms with Crippen molar-refractivity contribution in [2.75, 3.05) is 26.7 Å². The van der Waals surface area contributed by atoms with E-state index in [1.807, 2.05) is 6.92 Å². The van der Waals surface area contributed by atoms with Gasteiger partial charge in [-0.25, -0.2) is 8.42 Å². The number of aliphatic carboxylic acids is 1. The van der Waals surface area contributed by atoms with Crippen molar-refractivity contribution in [1.82, 2.24) is 9.21 Å². The molecule has 128 valence electrons. The van der Waals surface area contributed by atoms with Gasteiger partial charge in [0.2, 0.25) is 10.0 Å². The van der Waals surface area contributed by atoms with Crippen LogP contribution in [0, 0.1) is 0 Å². The molecule has 0 aliphatic rings. The maximum atomic E-state index is 12.6. The Bertz CT molecular complexity index is 672. The summed E-state index contributed by atoms with van der Waals surface area (Å²) in [6.45, 7) is 3.57. The molecule has 8 heteroatoms. The SMILES string of the molecule is CCCN(CC(=O)O)S(=O)(=O)c1cccc(C(=O)N(C)CC)c1. The van der Waals surface area contributed by atoms with Crippen LogP contribution in [0.2, 0.25) is 0 Å². The second-order valence-electron chi connectivity index (χ2n) is 5.08. The maximum absolute atomic E-state index is 12.6. The van der Waals surface area contributed by atoms with Crippen LogP contribution in [-0.2, 0) is 14.8 Å². The first-order valence-corrected chi connectivity index (χ1v) is 8.75. The van der Waals surface area contributed by atoms with Crippen LogP contribution in [0.4, 0.5) is 0 Å². The third-order valence-corrected chi connectivity index (χ3v) is 5.17. The van der Waals surface area contributed by atoms with Gasteiger partial charge < -0.3 is 10.0 Å². The van der Waals surface area contributed by atoms with Crippen molar-refractivity contribution < 1.29 is 23.1 Å². The third kappa shape index (κ3) is 4.77. The van der Waals surface area contributed by atoms with Crippen LogP contribution in [0.1, 0.15) is 30.6 Å². The summed E-state index contributed by atoms with van der Waals surface area (Å²) in [6, 6.07) is 5.67. The molecule has 1 amide bonds. The van der Waals surface area contributed by atoms with Gasteiger partial charge in [-0.1, -0.05) is 13.0 Å². The van der Waals surface area contributed by atoms with E-state index in [-0.39, 0.29) is 22.9 Å². The van der Waals surface area contributed by atoms with E-state index in [4.69, 9.17) is 5.11 Å². The summed E-state index contributed by atoms with van der Waals surface area (Å²) >= 11 is 0. The van der Waals surface area contributed by atoms with E-state index in [9.17, 15) is 18.0 Å². The standard InChI is InChI=1S/C15H22N2O5S/c1-4-9-17(11-14(18)19)23(21,22)13-8-6-7-12(10-13)15(20)16(3)5-2/h6-8,10H,4-5,9,11H2,1-3H3,(H,18,19). The van der Waals surface area contributed by atoms with Crippen molar-refractivity contribution in [2.24, 2.45) is 0 Å². The summed E-state index contributed by atoms with van der Waals surface area (Å²) in [7, 11) is -2.34. The molecule has 0 bridgehead atoms. The summed E-state index contributed by atoms with van der Waals surface area (Å²) in [5.41, 5.74) is 0.252. The topological polar surface area (TPSA) is 95.0 Å². The van der Waals surface area contributed by atoms with E-state index in [1.54, 1.807) is 14.0 Å². The normalized spacial score (nSPS) is 11.5. The Balaban J connectivity index is 3.22. The van der Waals surface area contributed by atoms with Crippen LogP contribution >= 0.6 is 0 Å². The van der Waals surface area contributed by atoms with Crippen molar-refractivity contribution >= 4 is 21.9 Å². The van der Waals surface area contributed by atoms with Crippen LogP contribution in [0.25, 0.3) is 0 Å². The van der Waals surface area contributed by atoms with Crippen LogP contribution < -0.4 is 0 Å². The summed E-state index contributed by atoms with van der Waals surface area (Å²) in [4.78, 5) is 24.4. The molecule has 0 saturated carbocycles. The number of amides is 1. The van der Waals surface area contributed by atoms with Gasteiger partial charge in [0.05, 0.1) is 4.90 Å². The molecule has 0 aromatic heterocycles. The smallest absolute Gasteiger partial charge is 0.318 e. The number of benzene rings is 1. The molecule has 23 heavy (non-hydrogen) atoms. The molecular weight excluding hydrogens is 320 g/mol. The number of hydrogen-bond acceptors (Lipinski definition) is 4. The summed E-state index contributed by atoms with van der Waals surface area (Å²) in [6.07, 6.45) is 0.490. The van der Waals surface area contributed by atoms with Crippen LogP contribution in [0.15, 0.2) is 29.2 Å². The molecule has 0 spiro atoms. The molecule has 1 N–H and O–H groups in total. The Morgan fingerprint density at radius 2 is 1.87 bits per heavy atom. The van der Waals surface area contributed by atoms with Gasteiger partial charge in [-0.15, -0.1) is 0 Å². The first-order chi connectivity index (χ1) is 10.7. The van der Waals surface area contributed by atoms with Gasteiger partial charge in [-0.3, -0.25) is 9.59 Å². The van der Waals surface area contributed by atoms with Crippen molar-refractivity contribution in [1.29, 1.82) is 0 Å². The fourth-order valence-corrected chi connectivity index (χ4v) is 3.52. The van der Waals surface area contributed by atoms with Crippen LogP contribution in [0.3, 0.4) is 0 Å². The molecular formula is C15H22N2O5S. The van der Waals surface area contributed by atoms with E-state index < -0.39 is 22.5 Å². The molecule has 0 fully saturated rings. The Morgan fingerprint density at radius 3 is 2.39 bits per heavy atom. The highest BCUT2D eigenvalue weighted by molar-refractivity contribution is 7.89. The fraction of sp³-hybridized carbons (Fsp3) is 0.467. The Kier molecular flexibility index (Phi) is 6.71. The fourth-order valence-electron chi connectivity index (χ4n) is 1.99. The third-order valence-electron chi connectivity index (χ3n) is 3.32. The van der Waals surface area contributed by atoms with Crippen LogP contribution in [-0.4, -0.2) is 61.3 Å². The van der Waals surface area contributed by atoms with E-state index in [0.29, 0.717) is 13.0 Å². The Labute approximate surface area is 136 Å². The van der Waals surface area contributed by atoms with Crippen molar-refractivity contribution in [3.05, 3.63) is 29.8 Å². The number of carbonyl (C=O) groups excluding carboxylic acids is 1. The van der Waals surface area contributed by atoms with Gasteiger partial charge in [0.25, 0.3) is 5.91 Å². The van der Waals surface area contributed by atoms with Gasteiger partial charge in [0.15, 0.2) is 0 Å². The number of carboxylic acid groups (broad SMARTS) is 1. The van der Waals surface area contributed by atoms with Gasteiger partial charge >= 0.3 is 5.97 Å². The molecule has 0 radical (unpaired) electrons. The van der Waals surface area contributed by atoms with Gasteiger partial charge in [-0.05, 0) is 31.5 Å². The first kappa shape index (κ1) is 19.1. The molecule has 0 aliphatic carbocycles. The predicted molar refractivity (Wildman–Crippen MR) is 85.8 cm³/mol. The van der Waals surface area contributed by atoms with Gasteiger partial charge in [-0.2, -0.15) is 4.31 Å². The lowest BCUT2D eigenvalue weighted by molar-refractivity contribution is -0.137. The second kappa shape index (κ2) is 8.07. The summed E-state index contributed by atoms with van der Waals surface area (Å²) in [5.74, 6) is -1.51. The minimum atomic E-state index is -3.96.